The maximum Gasteiger partial charge on any atom is 0.381 e. The number of aromatic nitrogens is 3. The smallest absolute Gasteiger partial charge is 0.381 e. The first kappa shape index (κ1) is 18.5. The number of hydrogen-bond donors (Lipinski definition) is 0. The van der Waals surface area contributed by atoms with Crippen LogP contribution in [0.4, 0.5) is 0 Å². The molecule has 3 aromatic rings. The first-order chi connectivity index (χ1) is 12.0. The lowest BCUT2D eigenvalue weighted by molar-refractivity contribution is 0.216. The Bertz CT molecular complexity index is 914. The van der Waals surface area contributed by atoms with Gasteiger partial charge in [0.15, 0.2) is 5.65 Å². The summed E-state index contributed by atoms with van der Waals surface area (Å²) in [6.07, 6.45) is 0. The van der Waals surface area contributed by atoms with Crippen molar-refractivity contribution >= 4 is 40.9 Å². The van der Waals surface area contributed by atoms with Gasteiger partial charge in [0, 0.05) is 24.9 Å². The fourth-order valence-corrected chi connectivity index (χ4v) is 5.27. The Morgan fingerprint density at radius 2 is 2.00 bits per heavy atom. The topological polar surface area (TPSA) is 58.4 Å². The van der Waals surface area contributed by atoms with Gasteiger partial charge in [-0.2, -0.15) is 10.1 Å². The minimum absolute atomic E-state index is 0.399. The zero-order valence-corrected chi connectivity index (χ0v) is 17.1. The average Bonchev–Trinajstić information content (AvgIpc) is 3.16. The molecule has 0 saturated carbocycles. The second kappa shape index (κ2) is 7.51. The molecule has 0 atom stereocenters. The largest absolute Gasteiger partial charge is 0.406 e. The van der Waals surface area contributed by atoms with E-state index in [1.807, 2.05) is 45.3 Å². The highest BCUT2D eigenvalue weighted by molar-refractivity contribution is 8.07. The van der Waals surface area contributed by atoms with Crippen LogP contribution in [0.25, 0.3) is 21.6 Å². The van der Waals surface area contributed by atoms with Gasteiger partial charge in [-0.1, -0.05) is 6.07 Å². The van der Waals surface area contributed by atoms with Crippen molar-refractivity contribution < 1.29 is 13.6 Å². The molecular weight excluding hydrogens is 377 g/mol. The number of nitrogens with zero attached hydrogens (tertiary/aromatic N) is 3. The molecule has 25 heavy (non-hydrogen) atoms. The van der Waals surface area contributed by atoms with Crippen LogP contribution in [0.3, 0.4) is 0 Å². The van der Waals surface area contributed by atoms with E-state index in [4.69, 9.17) is 25.4 Å². The van der Waals surface area contributed by atoms with Crippen LogP contribution >= 0.6 is 18.1 Å². The normalized spacial score (nSPS) is 12.0. The lowest BCUT2D eigenvalue weighted by Crippen LogP contribution is -2.04. The number of aryl methyl sites for hydroxylation is 2. The summed E-state index contributed by atoms with van der Waals surface area (Å²) >= 11 is 7.09. The van der Waals surface area contributed by atoms with Gasteiger partial charge in [0.25, 0.3) is 0 Å². The molecular formula is C16H20N3O3PS2. The van der Waals surface area contributed by atoms with Gasteiger partial charge in [0.05, 0.1) is 23.5 Å². The molecule has 0 N–H and O–H groups in total. The second-order valence-electron chi connectivity index (χ2n) is 5.30. The van der Waals surface area contributed by atoms with Gasteiger partial charge in [0.1, 0.15) is 5.69 Å². The van der Waals surface area contributed by atoms with E-state index in [1.165, 1.54) is 0 Å². The molecule has 3 rings (SSSR count). The summed E-state index contributed by atoms with van der Waals surface area (Å²) in [7, 11) is 1.87. The van der Waals surface area contributed by atoms with Crippen LogP contribution in [0.1, 0.15) is 19.4 Å². The van der Waals surface area contributed by atoms with Crippen molar-refractivity contribution in [3.8, 4) is 16.5 Å². The fourth-order valence-electron chi connectivity index (χ4n) is 2.55. The molecule has 3 heterocycles. The zero-order chi connectivity index (χ0) is 18.0. The van der Waals surface area contributed by atoms with Gasteiger partial charge in [-0.15, -0.1) is 11.3 Å². The molecule has 134 valence electrons. The van der Waals surface area contributed by atoms with Crippen molar-refractivity contribution in [1.82, 2.24) is 14.8 Å². The predicted molar refractivity (Wildman–Crippen MR) is 105 cm³/mol. The minimum atomic E-state index is -2.85. The molecule has 9 heteroatoms. The number of fused-ring (bicyclic) bond motifs is 1. The maximum absolute atomic E-state index is 5.86. The Balaban J connectivity index is 2.05. The molecule has 6 nitrogen and oxygen atoms in total. The third kappa shape index (κ3) is 3.78. The Morgan fingerprint density at radius 1 is 1.28 bits per heavy atom. The first-order valence-electron chi connectivity index (χ1n) is 7.94. The van der Waals surface area contributed by atoms with Crippen molar-refractivity contribution in [2.24, 2.45) is 7.05 Å². The molecule has 0 saturated heterocycles. The lowest BCUT2D eigenvalue weighted by atomic mass is 10.1. The first-order valence-corrected chi connectivity index (χ1v) is 11.4. The lowest BCUT2D eigenvalue weighted by Gasteiger charge is -2.20. The molecule has 0 aliphatic heterocycles. The Morgan fingerprint density at radius 3 is 2.60 bits per heavy atom. The van der Waals surface area contributed by atoms with E-state index in [1.54, 1.807) is 16.0 Å². The van der Waals surface area contributed by atoms with Gasteiger partial charge in [-0.25, -0.2) is 4.68 Å². The summed E-state index contributed by atoms with van der Waals surface area (Å²) in [4.78, 5) is 5.71. The van der Waals surface area contributed by atoms with Crippen LogP contribution in [0.15, 0.2) is 23.6 Å². The Kier molecular flexibility index (Phi) is 5.55. The van der Waals surface area contributed by atoms with Crippen molar-refractivity contribution in [3.05, 3.63) is 29.1 Å². The van der Waals surface area contributed by atoms with E-state index >= 15 is 0 Å². The average molecular weight is 397 g/mol. The molecule has 0 aromatic carbocycles. The molecule has 3 aromatic heterocycles. The highest BCUT2D eigenvalue weighted by Crippen LogP contribution is 2.49. The summed E-state index contributed by atoms with van der Waals surface area (Å²) in [5.74, 6) is 0.399. The van der Waals surface area contributed by atoms with Crippen LogP contribution in [0.2, 0.25) is 0 Å². The van der Waals surface area contributed by atoms with E-state index in [-0.39, 0.29) is 0 Å². The van der Waals surface area contributed by atoms with E-state index in [0.29, 0.717) is 19.1 Å². The van der Waals surface area contributed by atoms with Gasteiger partial charge < -0.3 is 4.52 Å². The van der Waals surface area contributed by atoms with Crippen LogP contribution in [0, 0.1) is 6.92 Å². The molecule has 0 amide bonds. The second-order valence-corrected chi connectivity index (χ2v) is 9.18. The van der Waals surface area contributed by atoms with Crippen molar-refractivity contribution in [1.29, 1.82) is 0 Å². The van der Waals surface area contributed by atoms with Crippen LogP contribution in [-0.2, 0) is 27.9 Å². The number of hydrogen-bond acceptors (Lipinski definition) is 7. The Hall–Kier alpha value is -1.31. The summed E-state index contributed by atoms with van der Waals surface area (Å²) in [5, 5.41) is 7.68. The third-order valence-electron chi connectivity index (χ3n) is 3.50. The molecule has 0 unspecified atom stereocenters. The van der Waals surface area contributed by atoms with Crippen molar-refractivity contribution in [2.45, 2.75) is 20.8 Å². The highest BCUT2D eigenvalue weighted by atomic mass is 32.5. The van der Waals surface area contributed by atoms with E-state index < -0.39 is 6.72 Å². The standard InChI is InChI=1S/C16H20N3O3PS2/c1-5-20-23(24,21-6-2)22-13-10-11(3)14-15(12-8-7-9-25-12)18-19(4)16(14)17-13/h7-10H,5-6H2,1-4H3. The quantitative estimate of drug-likeness (QED) is 0.540. The molecule has 0 aliphatic carbocycles. The van der Waals surface area contributed by atoms with E-state index in [9.17, 15) is 0 Å². The summed E-state index contributed by atoms with van der Waals surface area (Å²) in [6.45, 7) is 3.73. The van der Waals surface area contributed by atoms with E-state index in [2.05, 4.69) is 16.1 Å². The van der Waals surface area contributed by atoms with Crippen LogP contribution in [0.5, 0.6) is 5.88 Å². The van der Waals surface area contributed by atoms with E-state index in [0.717, 1.165) is 27.2 Å². The SMILES string of the molecule is CCOP(=S)(OCC)Oc1cc(C)c2c(-c3cccs3)nn(C)c2n1. The zero-order valence-electron chi connectivity index (χ0n) is 14.6. The van der Waals surface area contributed by atoms with Crippen LogP contribution < -0.4 is 4.52 Å². The molecule has 0 spiro atoms. The summed E-state index contributed by atoms with van der Waals surface area (Å²) in [5.41, 5.74) is 2.69. The summed E-state index contributed by atoms with van der Waals surface area (Å²) in [6, 6.07) is 5.93. The maximum atomic E-state index is 5.86. The van der Waals surface area contributed by atoms with Crippen molar-refractivity contribution in [2.75, 3.05) is 13.2 Å². The van der Waals surface area contributed by atoms with Crippen molar-refractivity contribution in [3.63, 3.8) is 0 Å². The van der Waals surface area contributed by atoms with Gasteiger partial charge in [-0.05, 0) is 37.8 Å². The predicted octanol–water partition coefficient (Wildman–Crippen LogP) is 4.68. The van der Waals surface area contributed by atoms with Gasteiger partial charge in [0.2, 0.25) is 5.88 Å². The number of rotatable bonds is 7. The van der Waals surface area contributed by atoms with Crippen LogP contribution in [-0.4, -0.2) is 28.0 Å². The molecule has 0 bridgehead atoms. The van der Waals surface area contributed by atoms with Gasteiger partial charge >= 0.3 is 6.72 Å². The van der Waals surface area contributed by atoms with Gasteiger partial charge in [-0.3, -0.25) is 9.05 Å². The Labute approximate surface area is 156 Å². The molecule has 0 fully saturated rings. The monoisotopic (exact) mass is 397 g/mol. The minimum Gasteiger partial charge on any atom is -0.406 e. The number of thiophene rings is 1. The number of pyridine rings is 1. The third-order valence-corrected chi connectivity index (χ3v) is 6.79. The summed E-state index contributed by atoms with van der Waals surface area (Å²) < 4.78 is 18.7. The molecule has 0 radical (unpaired) electrons. The fraction of sp³-hybridized carbons (Fsp3) is 0.375. The molecule has 0 aliphatic rings. The highest BCUT2D eigenvalue weighted by Gasteiger charge is 2.24.